The van der Waals surface area contributed by atoms with Gasteiger partial charge in [-0.2, -0.15) is 0 Å². The normalized spacial score (nSPS) is 17.8. The van der Waals surface area contributed by atoms with E-state index in [1.165, 1.54) is 6.07 Å². The lowest BCUT2D eigenvalue weighted by Gasteiger charge is -2.38. The summed E-state index contributed by atoms with van der Waals surface area (Å²) in [4.78, 5) is 29.7. The fraction of sp³-hybridized carbons (Fsp3) is 0.517. The number of halogens is 2. The summed E-state index contributed by atoms with van der Waals surface area (Å²) in [5, 5.41) is 3.61. The van der Waals surface area contributed by atoms with Crippen LogP contribution < -0.4 is 15.0 Å². The highest BCUT2D eigenvalue weighted by molar-refractivity contribution is 6.34. The van der Waals surface area contributed by atoms with Crippen LogP contribution in [0.15, 0.2) is 30.3 Å². The van der Waals surface area contributed by atoms with Gasteiger partial charge in [0.1, 0.15) is 11.6 Å². The van der Waals surface area contributed by atoms with Crippen molar-refractivity contribution in [2.75, 3.05) is 44.9 Å². The highest BCUT2D eigenvalue weighted by atomic mass is 35.5. The molecule has 0 bridgehead atoms. The Morgan fingerprint density at radius 1 is 1.21 bits per heavy atom. The Hall–Kier alpha value is -2.68. The van der Waals surface area contributed by atoms with Crippen molar-refractivity contribution < 1.29 is 23.5 Å². The average molecular weight is 546 g/mol. The number of hydrogen-bond acceptors (Lipinski definition) is 5. The van der Waals surface area contributed by atoms with Crippen LogP contribution >= 0.6 is 11.6 Å². The number of nitrogens with zero attached hydrogens (tertiary/aromatic N) is 2. The Bertz CT molecular complexity index is 1150. The lowest BCUT2D eigenvalue weighted by molar-refractivity contribution is -0.117. The van der Waals surface area contributed by atoms with Gasteiger partial charge in [-0.25, -0.2) is 4.39 Å². The Labute approximate surface area is 229 Å². The van der Waals surface area contributed by atoms with Crippen molar-refractivity contribution in [1.29, 1.82) is 0 Å². The minimum Gasteiger partial charge on any atom is -0.493 e. The molecule has 9 heteroatoms. The molecule has 2 saturated heterocycles. The van der Waals surface area contributed by atoms with Gasteiger partial charge in [0.25, 0.3) is 5.91 Å². The number of methoxy groups -OCH3 is 1. The number of anilines is 1. The minimum atomic E-state index is -0.464. The largest absolute Gasteiger partial charge is 0.493 e. The highest BCUT2D eigenvalue weighted by Gasteiger charge is 2.31. The molecule has 0 saturated carbocycles. The van der Waals surface area contributed by atoms with Crippen LogP contribution in [0.5, 0.6) is 5.75 Å². The van der Waals surface area contributed by atoms with Crippen LogP contribution in [-0.2, 0) is 9.53 Å². The van der Waals surface area contributed by atoms with Crippen LogP contribution in [0.25, 0.3) is 11.1 Å². The number of carbonyl (C=O) groups is 2. The molecular weight excluding hydrogens is 509 g/mol. The van der Waals surface area contributed by atoms with Crippen LogP contribution in [0, 0.1) is 5.82 Å². The van der Waals surface area contributed by atoms with Crippen molar-refractivity contribution in [3.05, 3.63) is 46.7 Å². The van der Waals surface area contributed by atoms with Crippen LogP contribution in [-0.4, -0.2) is 68.8 Å². The summed E-state index contributed by atoms with van der Waals surface area (Å²) in [5.41, 5.74) is 1.65. The first-order valence-electron chi connectivity index (χ1n) is 13.4. The fourth-order valence-corrected chi connectivity index (χ4v) is 5.52. The van der Waals surface area contributed by atoms with E-state index in [9.17, 15) is 9.59 Å². The molecule has 0 aliphatic carbocycles. The standard InChI is InChI=1S/C29H37ClFN3O4/c1-19(2)34(21-7-4-11-32-18-21)29(36)24-17-27(38-14-6-13-37-3)23(16-25(24)30)22-15-20(9-10-26(22)31)33-12-5-8-28(33)35/h9-10,15-17,19,21,32H,4-8,11-14,18H2,1-3H3/t21-/m1/s1. The lowest BCUT2D eigenvalue weighted by Crippen LogP contribution is -2.51. The smallest absolute Gasteiger partial charge is 0.256 e. The number of amides is 2. The molecule has 2 aliphatic rings. The lowest BCUT2D eigenvalue weighted by atomic mass is 9.98. The summed E-state index contributed by atoms with van der Waals surface area (Å²) in [6, 6.07) is 7.89. The van der Waals surface area contributed by atoms with Gasteiger partial charge in [0.15, 0.2) is 0 Å². The maximum Gasteiger partial charge on any atom is 0.256 e. The number of piperidine rings is 1. The van der Waals surface area contributed by atoms with Crippen molar-refractivity contribution in [1.82, 2.24) is 10.2 Å². The molecule has 2 fully saturated rings. The summed E-state index contributed by atoms with van der Waals surface area (Å²) >= 11 is 6.73. The molecule has 2 aliphatic heterocycles. The van der Waals surface area contributed by atoms with E-state index in [1.807, 2.05) is 18.7 Å². The molecule has 0 spiro atoms. The van der Waals surface area contributed by atoms with E-state index in [2.05, 4.69) is 5.32 Å². The third-order valence-electron chi connectivity index (χ3n) is 7.13. The molecule has 1 atom stereocenters. The Morgan fingerprint density at radius 3 is 2.68 bits per heavy atom. The molecule has 0 aromatic heterocycles. The summed E-state index contributed by atoms with van der Waals surface area (Å²) in [5.74, 6) is -0.259. The summed E-state index contributed by atoms with van der Waals surface area (Å²) < 4.78 is 26.5. The zero-order valence-corrected chi connectivity index (χ0v) is 23.2. The number of hydrogen-bond donors (Lipinski definition) is 1. The predicted octanol–water partition coefficient (Wildman–Crippen LogP) is 5.29. The zero-order chi connectivity index (χ0) is 27.2. The second kappa shape index (κ2) is 12.9. The van der Waals surface area contributed by atoms with Gasteiger partial charge >= 0.3 is 0 Å². The SMILES string of the molecule is COCCCOc1cc(C(=O)N(C(C)C)[C@@H]2CCCNC2)c(Cl)cc1-c1cc(N2CCCC2=O)ccc1F. The molecule has 206 valence electrons. The molecule has 4 rings (SSSR count). The highest BCUT2D eigenvalue weighted by Crippen LogP contribution is 2.39. The maximum absolute atomic E-state index is 15.2. The molecular formula is C29H37ClFN3O4. The van der Waals surface area contributed by atoms with Gasteiger partial charge < -0.3 is 24.6 Å². The topological polar surface area (TPSA) is 71.1 Å². The third-order valence-corrected chi connectivity index (χ3v) is 7.44. The molecule has 38 heavy (non-hydrogen) atoms. The quantitative estimate of drug-likeness (QED) is 0.411. The summed E-state index contributed by atoms with van der Waals surface area (Å²) in [7, 11) is 1.62. The first-order chi connectivity index (χ1) is 18.3. The number of rotatable bonds is 10. The van der Waals surface area contributed by atoms with E-state index in [1.54, 1.807) is 36.3 Å². The summed E-state index contributed by atoms with van der Waals surface area (Å²) in [6.45, 7) is 7.09. The van der Waals surface area contributed by atoms with Crippen LogP contribution in [0.3, 0.4) is 0 Å². The molecule has 2 aromatic carbocycles. The van der Waals surface area contributed by atoms with Crippen LogP contribution in [0.2, 0.25) is 5.02 Å². The number of carbonyl (C=O) groups excluding carboxylic acids is 2. The van der Waals surface area contributed by atoms with Gasteiger partial charge in [0, 0.05) is 68.5 Å². The van der Waals surface area contributed by atoms with E-state index in [0.717, 1.165) is 32.4 Å². The van der Waals surface area contributed by atoms with Gasteiger partial charge in [-0.3, -0.25) is 9.59 Å². The van der Waals surface area contributed by atoms with Gasteiger partial charge in [0.05, 0.1) is 17.2 Å². The van der Waals surface area contributed by atoms with Gasteiger partial charge in [-0.05, 0) is 70.0 Å². The average Bonchev–Trinajstić information content (AvgIpc) is 3.33. The van der Waals surface area contributed by atoms with E-state index >= 15 is 4.39 Å². The molecule has 2 heterocycles. The molecule has 2 amide bonds. The second-order valence-corrected chi connectivity index (χ2v) is 10.5. The van der Waals surface area contributed by atoms with Crippen molar-refractivity contribution >= 4 is 29.1 Å². The van der Waals surface area contributed by atoms with Crippen LogP contribution in [0.1, 0.15) is 56.3 Å². The monoisotopic (exact) mass is 545 g/mol. The number of ether oxygens (including phenoxy) is 2. The second-order valence-electron chi connectivity index (χ2n) is 10.1. The van der Waals surface area contributed by atoms with Crippen molar-refractivity contribution in [3.8, 4) is 16.9 Å². The Balaban J connectivity index is 1.74. The fourth-order valence-electron chi connectivity index (χ4n) is 5.27. The van der Waals surface area contributed by atoms with Crippen molar-refractivity contribution in [2.45, 2.75) is 58.0 Å². The van der Waals surface area contributed by atoms with E-state index < -0.39 is 5.82 Å². The van der Waals surface area contributed by atoms with E-state index in [-0.39, 0.29) is 34.5 Å². The zero-order valence-electron chi connectivity index (χ0n) is 22.4. The first kappa shape index (κ1) is 28.3. The van der Waals surface area contributed by atoms with E-state index in [0.29, 0.717) is 55.2 Å². The maximum atomic E-state index is 15.2. The molecule has 7 nitrogen and oxygen atoms in total. The number of benzene rings is 2. The third kappa shape index (κ3) is 6.30. The minimum absolute atomic E-state index is 0.0172. The Kier molecular flexibility index (Phi) is 9.63. The summed E-state index contributed by atoms with van der Waals surface area (Å²) in [6.07, 6.45) is 3.78. The predicted molar refractivity (Wildman–Crippen MR) is 148 cm³/mol. The molecule has 2 aromatic rings. The molecule has 0 radical (unpaired) electrons. The van der Waals surface area contributed by atoms with Crippen molar-refractivity contribution in [2.24, 2.45) is 0 Å². The first-order valence-corrected chi connectivity index (χ1v) is 13.8. The Morgan fingerprint density at radius 2 is 2.03 bits per heavy atom. The molecule has 0 unspecified atom stereocenters. The van der Waals surface area contributed by atoms with Gasteiger partial charge in [-0.1, -0.05) is 11.6 Å². The van der Waals surface area contributed by atoms with Crippen molar-refractivity contribution in [3.63, 3.8) is 0 Å². The van der Waals surface area contributed by atoms with Gasteiger partial charge in [0.2, 0.25) is 5.91 Å². The van der Waals surface area contributed by atoms with Crippen LogP contribution in [0.4, 0.5) is 10.1 Å². The van der Waals surface area contributed by atoms with E-state index in [4.69, 9.17) is 21.1 Å². The van der Waals surface area contributed by atoms with Gasteiger partial charge in [-0.15, -0.1) is 0 Å². The number of nitrogens with one attached hydrogen (secondary N) is 1. The molecule has 1 N–H and O–H groups in total.